The number of esters is 2. The molecule has 2 amide bonds. The summed E-state index contributed by atoms with van der Waals surface area (Å²) in [6.45, 7) is 4.39. The normalized spacial score (nSPS) is 15.1. The number of hydrogen-bond acceptors (Lipinski definition) is 8. The zero-order valence-electron chi connectivity index (χ0n) is 25.4. The number of amides is 2. The summed E-state index contributed by atoms with van der Waals surface area (Å²) in [5, 5.41) is 2.76. The summed E-state index contributed by atoms with van der Waals surface area (Å²) < 4.78 is 10.8. The molecule has 0 aliphatic heterocycles. The van der Waals surface area contributed by atoms with Crippen molar-refractivity contribution in [2.75, 3.05) is 10.0 Å². The molecule has 10 nitrogen and oxygen atoms in total. The Hall–Kier alpha value is -5.20. The Kier molecular flexibility index (Phi) is 11.1. The number of nitrogens with one attached hydrogen (secondary N) is 2. The van der Waals surface area contributed by atoms with Crippen LogP contribution in [0.15, 0.2) is 109 Å². The molecule has 46 heavy (non-hydrogen) atoms. The Morgan fingerprint density at radius 3 is 1.87 bits per heavy atom. The molecule has 3 aromatic carbocycles. The van der Waals surface area contributed by atoms with Crippen LogP contribution in [0.25, 0.3) is 0 Å². The summed E-state index contributed by atoms with van der Waals surface area (Å²) in [6, 6.07) is 24.3. The zero-order chi connectivity index (χ0) is 33.3. The Morgan fingerprint density at radius 1 is 0.761 bits per heavy atom. The molecule has 236 valence electrons. The summed E-state index contributed by atoms with van der Waals surface area (Å²) in [5.74, 6) is -1.83. The van der Waals surface area contributed by atoms with Crippen molar-refractivity contribution in [1.82, 2.24) is 10.9 Å². The number of carbonyl (C=O) groups excluding carboxylic acids is 4. The van der Waals surface area contributed by atoms with Crippen molar-refractivity contribution in [2.24, 2.45) is 5.41 Å². The van der Waals surface area contributed by atoms with Gasteiger partial charge in [-0.05, 0) is 55.8 Å². The lowest BCUT2D eigenvalue weighted by atomic mass is 9.81. The van der Waals surface area contributed by atoms with Gasteiger partial charge in [0.25, 0.3) is 0 Å². The van der Waals surface area contributed by atoms with Gasteiger partial charge in [-0.25, -0.2) is 10.0 Å². The Bertz CT molecular complexity index is 1710. The molecule has 2 N–H and O–H groups in total. The number of benzene rings is 3. The van der Waals surface area contributed by atoms with Crippen LogP contribution in [0.5, 0.6) is 5.75 Å². The van der Waals surface area contributed by atoms with Gasteiger partial charge < -0.3 is 9.47 Å². The Morgan fingerprint density at radius 2 is 1.28 bits per heavy atom. The fraction of sp³-hybridized carbons (Fsp3) is 0.176. The van der Waals surface area contributed by atoms with E-state index in [-0.39, 0.29) is 15.7 Å². The van der Waals surface area contributed by atoms with Gasteiger partial charge in [-0.15, -0.1) is 0 Å². The van der Waals surface area contributed by atoms with Gasteiger partial charge in [0, 0.05) is 13.8 Å². The van der Waals surface area contributed by atoms with Crippen LogP contribution in [0.2, 0.25) is 0 Å². The number of para-hydroxylation sites is 3. The minimum atomic E-state index is -0.966. The molecule has 0 spiro atoms. The number of thiocarbonyl (C=S) groups is 2. The van der Waals surface area contributed by atoms with Crippen molar-refractivity contribution in [3.63, 3.8) is 0 Å². The number of carbonyl (C=O) groups is 4. The van der Waals surface area contributed by atoms with Gasteiger partial charge in [-0.2, -0.15) is 0 Å². The van der Waals surface area contributed by atoms with Crippen LogP contribution in [-0.2, 0) is 23.9 Å². The molecule has 1 aliphatic rings. The SMILES string of the molecule is CC(=O)OC1=CC=CCC1(C)C(=S)N(NC(=O)CC(=O)NN(C(=S)c1ccccc1OC(C)=O)c1ccccc1)c1ccccc1. The molecule has 1 unspecified atom stereocenters. The molecule has 0 radical (unpaired) electrons. The molecule has 0 aromatic heterocycles. The predicted molar refractivity (Wildman–Crippen MR) is 183 cm³/mol. The van der Waals surface area contributed by atoms with Crippen molar-refractivity contribution < 1.29 is 28.7 Å². The van der Waals surface area contributed by atoms with E-state index in [4.69, 9.17) is 33.9 Å². The van der Waals surface area contributed by atoms with Gasteiger partial charge in [0.15, 0.2) is 0 Å². The monoisotopic (exact) mass is 656 g/mol. The highest BCUT2D eigenvalue weighted by atomic mass is 32.1. The third kappa shape index (κ3) is 8.29. The number of ether oxygens (including phenoxy) is 2. The molecule has 12 heteroatoms. The van der Waals surface area contributed by atoms with Gasteiger partial charge >= 0.3 is 11.9 Å². The molecular weight excluding hydrogens is 625 g/mol. The van der Waals surface area contributed by atoms with Crippen LogP contribution in [-0.4, -0.2) is 33.7 Å². The molecule has 0 bridgehead atoms. The van der Waals surface area contributed by atoms with Crippen LogP contribution in [0, 0.1) is 5.41 Å². The van der Waals surface area contributed by atoms with E-state index in [1.54, 1.807) is 91.0 Å². The Labute approximate surface area is 277 Å². The number of rotatable bonds is 8. The smallest absolute Gasteiger partial charge is 0.308 e. The summed E-state index contributed by atoms with van der Waals surface area (Å²) in [5.41, 5.74) is 5.93. The van der Waals surface area contributed by atoms with Crippen molar-refractivity contribution in [2.45, 2.75) is 33.6 Å². The maximum absolute atomic E-state index is 13.4. The lowest BCUT2D eigenvalue weighted by Crippen LogP contribution is -2.54. The van der Waals surface area contributed by atoms with Crippen LogP contribution < -0.4 is 25.6 Å². The number of nitrogens with zero attached hydrogens (tertiary/aromatic N) is 2. The number of anilines is 2. The molecule has 0 fully saturated rings. The highest BCUT2D eigenvalue weighted by molar-refractivity contribution is 7.81. The molecule has 1 atom stereocenters. The zero-order valence-corrected chi connectivity index (χ0v) is 27.0. The minimum Gasteiger partial charge on any atom is -0.430 e. The first kappa shape index (κ1) is 33.7. The molecule has 0 heterocycles. The summed E-state index contributed by atoms with van der Waals surface area (Å²) >= 11 is 11.6. The average Bonchev–Trinajstić information content (AvgIpc) is 3.03. The first-order valence-electron chi connectivity index (χ1n) is 14.2. The van der Waals surface area contributed by atoms with Gasteiger partial charge in [-0.1, -0.05) is 85.1 Å². The highest BCUT2D eigenvalue weighted by Crippen LogP contribution is 2.39. The highest BCUT2D eigenvalue weighted by Gasteiger charge is 2.40. The van der Waals surface area contributed by atoms with Crippen LogP contribution in [0.1, 0.15) is 39.2 Å². The fourth-order valence-corrected chi connectivity index (χ4v) is 5.24. The molecule has 4 rings (SSSR count). The topological polar surface area (TPSA) is 117 Å². The van der Waals surface area contributed by atoms with Crippen molar-refractivity contribution in [3.8, 4) is 5.75 Å². The van der Waals surface area contributed by atoms with E-state index in [1.807, 2.05) is 19.1 Å². The van der Waals surface area contributed by atoms with Crippen molar-refractivity contribution >= 4 is 69.5 Å². The van der Waals surface area contributed by atoms with E-state index in [0.717, 1.165) is 0 Å². The molecule has 0 saturated carbocycles. The third-order valence-electron chi connectivity index (χ3n) is 6.78. The van der Waals surface area contributed by atoms with E-state index in [0.29, 0.717) is 29.1 Å². The van der Waals surface area contributed by atoms with Crippen LogP contribution in [0.3, 0.4) is 0 Å². The summed E-state index contributed by atoms with van der Waals surface area (Å²) in [4.78, 5) is 50.8. The number of hydrogen-bond donors (Lipinski definition) is 2. The lowest BCUT2D eigenvalue weighted by Gasteiger charge is -2.38. The largest absolute Gasteiger partial charge is 0.430 e. The predicted octanol–water partition coefficient (Wildman–Crippen LogP) is 5.49. The summed E-state index contributed by atoms with van der Waals surface area (Å²) in [6.07, 6.45) is 5.12. The lowest BCUT2D eigenvalue weighted by molar-refractivity contribution is -0.138. The minimum absolute atomic E-state index is 0.131. The van der Waals surface area contributed by atoms with E-state index >= 15 is 0 Å². The van der Waals surface area contributed by atoms with Gasteiger partial charge in [-0.3, -0.25) is 30.0 Å². The second-order valence-electron chi connectivity index (χ2n) is 10.4. The van der Waals surface area contributed by atoms with E-state index in [9.17, 15) is 19.2 Å². The van der Waals surface area contributed by atoms with Crippen molar-refractivity contribution in [1.29, 1.82) is 0 Å². The molecule has 1 aliphatic carbocycles. The van der Waals surface area contributed by atoms with E-state index in [2.05, 4.69) is 10.9 Å². The van der Waals surface area contributed by atoms with Crippen LogP contribution in [0.4, 0.5) is 11.4 Å². The van der Waals surface area contributed by atoms with E-state index < -0.39 is 35.6 Å². The second kappa shape index (κ2) is 15.2. The van der Waals surface area contributed by atoms with Crippen LogP contribution >= 0.6 is 24.4 Å². The molecule has 3 aromatic rings. The molecule has 0 saturated heterocycles. The Balaban J connectivity index is 1.57. The maximum Gasteiger partial charge on any atom is 0.308 e. The summed E-state index contributed by atoms with van der Waals surface area (Å²) in [7, 11) is 0. The number of allylic oxidation sites excluding steroid dienone is 3. The van der Waals surface area contributed by atoms with Gasteiger partial charge in [0.1, 0.15) is 27.9 Å². The van der Waals surface area contributed by atoms with Crippen molar-refractivity contribution in [3.05, 3.63) is 114 Å². The quantitative estimate of drug-likeness (QED) is 0.106. The molecular formula is C34H32N4O6S2. The second-order valence-corrected chi connectivity index (χ2v) is 11.2. The first-order chi connectivity index (χ1) is 22.0. The standard InChI is InChI=1S/C34H32N4O6S2/c1-23(39)43-28-19-11-10-18-27(28)32(45)37(25-14-6-4-7-15-25)35-30(41)22-31(42)36-38(26-16-8-5-9-17-26)33(46)34(3)21-13-12-20-29(34)44-24(2)40/h4-20H,21-22H2,1-3H3,(H,35,41)(H,36,42). The van der Waals surface area contributed by atoms with Gasteiger partial charge in [0.05, 0.1) is 22.4 Å². The fourth-order valence-electron chi connectivity index (χ4n) is 4.59. The number of hydrazine groups is 2. The third-order valence-corrected chi connectivity index (χ3v) is 7.82. The maximum atomic E-state index is 13.4. The average molecular weight is 657 g/mol. The van der Waals surface area contributed by atoms with E-state index in [1.165, 1.54) is 23.9 Å². The van der Waals surface area contributed by atoms with Gasteiger partial charge in [0.2, 0.25) is 11.8 Å². The first-order valence-corrected chi connectivity index (χ1v) is 15.0.